The van der Waals surface area contributed by atoms with Gasteiger partial charge in [0.1, 0.15) is 0 Å². The van der Waals surface area contributed by atoms with Gasteiger partial charge in [0.25, 0.3) is 0 Å². The number of halogens is 1. The topological polar surface area (TPSA) is 26.0 Å². The van der Waals surface area contributed by atoms with Gasteiger partial charge in [0.05, 0.1) is 0 Å². The van der Waals surface area contributed by atoms with Crippen molar-refractivity contribution in [3.8, 4) is 0 Å². The van der Waals surface area contributed by atoms with Crippen molar-refractivity contribution in [1.82, 2.24) is 0 Å². The zero-order valence-corrected chi connectivity index (χ0v) is 10.0. The SMILES string of the molecule is Nc1c(CBr)c(S)cc2sccc12. The lowest BCUT2D eigenvalue weighted by atomic mass is 10.1. The Morgan fingerprint density at radius 3 is 3.00 bits per heavy atom. The summed E-state index contributed by atoms with van der Waals surface area (Å²) in [5.74, 6) is 0. The van der Waals surface area contributed by atoms with E-state index in [1.165, 1.54) is 4.70 Å². The highest BCUT2D eigenvalue weighted by Crippen LogP contribution is 2.34. The van der Waals surface area contributed by atoms with Crippen molar-refractivity contribution in [2.75, 3.05) is 5.73 Å². The van der Waals surface area contributed by atoms with Crippen molar-refractivity contribution in [3.63, 3.8) is 0 Å². The normalized spacial score (nSPS) is 10.9. The number of anilines is 1. The van der Waals surface area contributed by atoms with Crippen LogP contribution in [0, 0.1) is 0 Å². The number of benzene rings is 1. The zero-order chi connectivity index (χ0) is 9.42. The van der Waals surface area contributed by atoms with Crippen LogP contribution in [-0.4, -0.2) is 0 Å². The van der Waals surface area contributed by atoms with Gasteiger partial charge in [0.15, 0.2) is 0 Å². The van der Waals surface area contributed by atoms with Crippen molar-refractivity contribution in [2.45, 2.75) is 10.2 Å². The molecule has 68 valence electrons. The maximum Gasteiger partial charge on any atom is 0.0454 e. The van der Waals surface area contributed by atoms with Gasteiger partial charge in [0, 0.05) is 26.0 Å². The Labute approximate surface area is 94.5 Å². The Morgan fingerprint density at radius 1 is 1.54 bits per heavy atom. The number of alkyl halides is 1. The molecule has 0 atom stereocenters. The third kappa shape index (κ3) is 1.47. The Bertz CT molecular complexity index is 450. The van der Waals surface area contributed by atoms with Crippen LogP contribution < -0.4 is 5.73 Å². The highest BCUT2D eigenvalue weighted by Gasteiger charge is 2.08. The number of thiol groups is 1. The quantitative estimate of drug-likeness (QED) is 0.463. The summed E-state index contributed by atoms with van der Waals surface area (Å²) in [6.45, 7) is 0. The molecule has 0 fully saturated rings. The third-order valence-corrected chi connectivity index (χ3v) is 3.84. The predicted molar refractivity (Wildman–Crippen MR) is 66.1 cm³/mol. The number of hydrogen-bond acceptors (Lipinski definition) is 3. The van der Waals surface area contributed by atoms with Crippen LogP contribution in [0.4, 0.5) is 5.69 Å². The van der Waals surface area contributed by atoms with Crippen LogP contribution in [-0.2, 0) is 5.33 Å². The van der Waals surface area contributed by atoms with E-state index < -0.39 is 0 Å². The molecule has 0 unspecified atom stereocenters. The van der Waals surface area contributed by atoms with Gasteiger partial charge in [-0.25, -0.2) is 0 Å². The van der Waals surface area contributed by atoms with Crippen LogP contribution in [0.25, 0.3) is 10.1 Å². The molecule has 0 aliphatic heterocycles. The molecule has 4 heteroatoms. The van der Waals surface area contributed by atoms with Gasteiger partial charge >= 0.3 is 0 Å². The average Bonchev–Trinajstić information content (AvgIpc) is 2.53. The van der Waals surface area contributed by atoms with Gasteiger partial charge < -0.3 is 5.73 Å². The van der Waals surface area contributed by atoms with E-state index in [1.807, 2.05) is 5.38 Å². The molecule has 2 rings (SSSR count). The average molecular weight is 274 g/mol. The Balaban J connectivity index is 2.85. The minimum atomic E-state index is 0.753. The number of nitrogens with two attached hydrogens (primary N) is 1. The van der Waals surface area contributed by atoms with E-state index >= 15 is 0 Å². The van der Waals surface area contributed by atoms with E-state index in [9.17, 15) is 0 Å². The number of hydrogen-bond donors (Lipinski definition) is 2. The van der Waals surface area contributed by atoms with Gasteiger partial charge in [-0.15, -0.1) is 24.0 Å². The fraction of sp³-hybridized carbons (Fsp3) is 0.111. The molecule has 1 nitrogen and oxygen atoms in total. The van der Waals surface area contributed by atoms with Crippen molar-refractivity contribution in [2.24, 2.45) is 0 Å². The molecule has 1 heterocycles. The smallest absolute Gasteiger partial charge is 0.0454 e. The summed E-state index contributed by atoms with van der Waals surface area (Å²) in [5, 5.41) is 3.94. The molecular weight excluding hydrogens is 266 g/mol. The van der Waals surface area contributed by atoms with E-state index in [0.29, 0.717) is 0 Å². The first-order valence-corrected chi connectivity index (χ1v) is 6.22. The number of fused-ring (bicyclic) bond motifs is 1. The second kappa shape index (κ2) is 3.52. The highest BCUT2D eigenvalue weighted by atomic mass is 79.9. The minimum absolute atomic E-state index is 0.753. The van der Waals surface area contributed by atoms with E-state index in [1.54, 1.807) is 11.3 Å². The summed E-state index contributed by atoms with van der Waals surface area (Å²) in [6.07, 6.45) is 0. The second-order valence-corrected chi connectivity index (χ2v) is 4.74. The molecule has 0 amide bonds. The molecule has 0 saturated heterocycles. The molecule has 0 aliphatic carbocycles. The summed E-state index contributed by atoms with van der Waals surface area (Å²) in [6, 6.07) is 4.12. The summed E-state index contributed by atoms with van der Waals surface area (Å²) in [5.41, 5.74) is 7.93. The molecule has 0 spiro atoms. The molecule has 0 bridgehead atoms. The lowest BCUT2D eigenvalue weighted by Crippen LogP contribution is -1.93. The molecule has 0 saturated carbocycles. The van der Waals surface area contributed by atoms with Gasteiger partial charge in [0.2, 0.25) is 0 Å². The van der Waals surface area contributed by atoms with Crippen LogP contribution in [0.15, 0.2) is 22.4 Å². The van der Waals surface area contributed by atoms with Crippen LogP contribution in [0.1, 0.15) is 5.56 Å². The molecule has 0 radical (unpaired) electrons. The Morgan fingerprint density at radius 2 is 2.31 bits per heavy atom. The predicted octanol–water partition coefficient (Wildman–Crippen LogP) is 3.67. The van der Waals surface area contributed by atoms with Crippen LogP contribution >= 0.6 is 39.9 Å². The first-order valence-electron chi connectivity index (χ1n) is 3.77. The van der Waals surface area contributed by atoms with Crippen molar-refractivity contribution in [3.05, 3.63) is 23.1 Å². The van der Waals surface area contributed by atoms with Crippen LogP contribution in [0.5, 0.6) is 0 Å². The van der Waals surface area contributed by atoms with Crippen molar-refractivity contribution >= 4 is 55.7 Å². The molecule has 2 N–H and O–H groups in total. The van der Waals surface area contributed by atoms with Gasteiger partial charge in [-0.05, 0) is 23.1 Å². The number of rotatable bonds is 1. The molecule has 0 aliphatic rings. The van der Waals surface area contributed by atoms with E-state index in [2.05, 4.69) is 40.7 Å². The van der Waals surface area contributed by atoms with Crippen LogP contribution in [0.3, 0.4) is 0 Å². The van der Waals surface area contributed by atoms with Crippen molar-refractivity contribution < 1.29 is 0 Å². The van der Waals surface area contributed by atoms with Gasteiger partial charge in [-0.2, -0.15) is 0 Å². The maximum absolute atomic E-state index is 6.00. The van der Waals surface area contributed by atoms with Crippen molar-refractivity contribution in [1.29, 1.82) is 0 Å². The Hall–Kier alpha value is -0.190. The van der Waals surface area contributed by atoms with Gasteiger partial charge in [-0.3, -0.25) is 0 Å². The first-order chi connectivity index (χ1) is 6.24. The standard InChI is InChI=1S/C9H8BrNS2/c10-4-6-7(12)3-8-5(9(6)11)1-2-13-8/h1-3,12H,4,11H2. The summed E-state index contributed by atoms with van der Waals surface area (Å²) >= 11 is 9.49. The van der Waals surface area contributed by atoms with Crippen LogP contribution in [0.2, 0.25) is 0 Å². The molecule has 1 aromatic carbocycles. The lowest BCUT2D eigenvalue weighted by molar-refractivity contribution is 1.32. The van der Waals surface area contributed by atoms with E-state index in [-0.39, 0.29) is 0 Å². The minimum Gasteiger partial charge on any atom is -0.398 e. The highest BCUT2D eigenvalue weighted by molar-refractivity contribution is 9.08. The fourth-order valence-electron chi connectivity index (χ4n) is 1.31. The maximum atomic E-state index is 6.00. The third-order valence-electron chi connectivity index (χ3n) is 2.02. The van der Waals surface area contributed by atoms with E-state index in [4.69, 9.17) is 5.73 Å². The first kappa shape index (κ1) is 9.37. The molecule has 13 heavy (non-hydrogen) atoms. The Kier molecular flexibility index (Phi) is 2.53. The fourth-order valence-corrected chi connectivity index (χ4v) is 3.39. The molecule has 1 aromatic heterocycles. The number of nitrogen functional groups attached to an aromatic ring is 1. The molecular formula is C9H8BrNS2. The second-order valence-electron chi connectivity index (χ2n) is 2.75. The zero-order valence-electron chi connectivity index (χ0n) is 6.75. The summed E-state index contributed by atoms with van der Waals surface area (Å²) in [7, 11) is 0. The van der Waals surface area contributed by atoms with Gasteiger partial charge in [-0.1, -0.05) is 15.9 Å². The largest absolute Gasteiger partial charge is 0.398 e. The van der Waals surface area contributed by atoms with E-state index in [0.717, 1.165) is 26.9 Å². The lowest BCUT2D eigenvalue weighted by Gasteiger charge is -2.06. The summed E-state index contributed by atoms with van der Waals surface area (Å²) in [4.78, 5) is 0.962. The number of thiophene rings is 1. The summed E-state index contributed by atoms with van der Waals surface area (Å²) < 4.78 is 1.20. The monoisotopic (exact) mass is 273 g/mol. The molecule has 2 aromatic rings.